The Morgan fingerprint density at radius 1 is 1.07 bits per heavy atom. The molecule has 0 radical (unpaired) electrons. The normalized spacial score (nSPS) is 16.6. The number of halogens is 1. The lowest BCUT2D eigenvalue weighted by molar-refractivity contribution is 0.218. The second-order valence-corrected chi connectivity index (χ2v) is 7.49. The number of piperidine rings is 1. The molecule has 4 nitrogen and oxygen atoms in total. The van der Waals surface area contributed by atoms with Gasteiger partial charge in [0.05, 0.1) is 22.9 Å². The second kappa shape index (κ2) is 7.24. The summed E-state index contributed by atoms with van der Waals surface area (Å²) >= 11 is 0. The van der Waals surface area contributed by atoms with E-state index >= 15 is 0 Å². The molecule has 0 atom stereocenters. The summed E-state index contributed by atoms with van der Waals surface area (Å²) in [6.07, 6.45) is 8.16. The minimum absolute atomic E-state index is 0.292. The molecule has 0 N–H and O–H groups in total. The first-order chi connectivity index (χ1) is 13.0. The van der Waals surface area contributed by atoms with E-state index in [0.29, 0.717) is 17.1 Å². The van der Waals surface area contributed by atoms with Gasteiger partial charge in [0.15, 0.2) is 0 Å². The van der Waals surface area contributed by atoms with Crippen molar-refractivity contribution in [2.24, 2.45) is 0 Å². The lowest BCUT2D eigenvalue weighted by Crippen LogP contribution is -2.32. The molecule has 0 unspecified atom stereocenters. The van der Waals surface area contributed by atoms with Gasteiger partial charge in [0, 0.05) is 23.5 Å². The highest BCUT2D eigenvalue weighted by Crippen LogP contribution is 2.28. The van der Waals surface area contributed by atoms with E-state index < -0.39 is 0 Å². The van der Waals surface area contributed by atoms with Crippen LogP contribution in [0.15, 0.2) is 30.5 Å². The summed E-state index contributed by atoms with van der Waals surface area (Å²) < 4.78 is 15.9. The predicted molar refractivity (Wildman–Crippen MR) is 108 cm³/mol. The molecule has 1 aliphatic heterocycles. The molecule has 5 heteroatoms. The molecule has 1 aliphatic rings. The number of nitrogens with zero attached hydrogens (tertiary/aromatic N) is 4. The summed E-state index contributed by atoms with van der Waals surface area (Å²) in [5, 5.41) is 0. The van der Waals surface area contributed by atoms with Gasteiger partial charge in [0.2, 0.25) is 0 Å². The van der Waals surface area contributed by atoms with E-state index in [4.69, 9.17) is 0 Å². The number of likely N-dealkylation sites (tertiary alicyclic amines) is 1. The monoisotopic (exact) mass is 364 g/mol. The Labute approximate surface area is 159 Å². The molecule has 140 valence electrons. The highest BCUT2D eigenvalue weighted by Gasteiger charge is 2.21. The first kappa shape index (κ1) is 17.9. The summed E-state index contributed by atoms with van der Waals surface area (Å²) in [5.74, 6) is -0.292. The van der Waals surface area contributed by atoms with Crippen LogP contribution in [0.5, 0.6) is 0 Å². The van der Waals surface area contributed by atoms with Crippen molar-refractivity contribution in [3.05, 3.63) is 58.9 Å². The van der Waals surface area contributed by atoms with Gasteiger partial charge >= 0.3 is 0 Å². The van der Waals surface area contributed by atoms with Gasteiger partial charge in [-0.15, -0.1) is 0 Å². The number of fused-ring (bicyclic) bond motifs is 1. The highest BCUT2D eigenvalue weighted by molar-refractivity contribution is 5.77. The Morgan fingerprint density at radius 3 is 2.63 bits per heavy atom. The maximum atomic E-state index is 13.4. The molecule has 0 aliphatic carbocycles. The van der Waals surface area contributed by atoms with E-state index in [0.717, 1.165) is 18.8 Å². The molecule has 27 heavy (non-hydrogen) atoms. The first-order valence-electron chi connectivity index (χ1n) is 9.48. The van der Waals surface area contributed by atoms with Gasteiger partial charge in [-0.25, -0.2) is 9.37 Å². The molecular formula is C22H25FN4. The SMILES string of the molecule is Cc1cc(/C=C/c2cnc3ccc(F)cc3n2)c(C)n1C1CCN(C)CC1. The zero-order chi connectivity index (χ0) is 19.0. The standard InChI is InChI=1S/C22H25FN4/c1-15-12-17(16(2)27(15)20-8-10-26(3)11-9-20)4-6-19-14-24-21-7-5-18(23)13-22(21)25-19/h4-7,12-14,20H,8-11H2,1-3H3/b6-4+. The molecule has 0 spiro atoms. The molecule has 4 rings (SSSR count). The topological polar surface area (TPSA) is 34.0 Å². The van der Waals surface area contributed by atoms with Gasteiger partial charge in [-0.2, -0.15) is 0 Å². The van der Waals surface area contributed by atoms with Gasteiger partial charge in [0.25, 0.3) is 0 Å². The molecule has 0 saturated carbocycles. The van der Waals surface area contributed by atoms with E-state index in [9.17, 15) is 4.39 Å². The molecule has 1 aromatic carbocycles. The van der Waals surface area contributed by atoms with E-state index in [1.165, 1.54) is 41.9 Å². The van der Waals surface area contributed by atoms with Gasteiger partial charge < -0.3 is 9.47 Å². The average Bonchev–Trinajstić information content (AvgIpc) is 2.94. The van der Waals surface area contributed by atoms with Crippen LogP contribution in [0.2, 0.25) is 0 Å². The van der Waals surface area contributed by atoms with Gasteiger partial charge in [-0.3, -0.25) is 4.98 Å². The maximum absolute atomic E-state index is 13.4. The maximum Gasteiger partial charge on any atom is 0.125 e. The van der Waals surface area contributed by atoms with Gasteiger partial charge in [-0.05, 0) is 76.7 Å². The molecule has 0 amide bonds. The van der Waals surface area contributed by atoms with Crippen molar-refractivity contribution in [2.75, 3.05) is 20.1 Å². The average molecular weight is 364 g/mol. The predicted octanol–water partition coefficient (Wildman–Crippen LogP) is 4.62. The van der Waals surface area contributed by atoms with Crippen LogP contribution in [0.1, 0.15) is 41.5 Å². The molecule has 0 bridgehead atoms. The summed E-state index contributed by atoms with van der Waals surface area (Å²) in [6.45, 7) is 6.67. The third kappa shape index (κ3) is 3.65. The van der Waals surface area contributed by atoms with Gasteiger partial charge in [-0.1, -0.05) is 6.08 Å². The fraction of sp³-hybridized carbons (Fsp3) is 0.364. The van der Waals surface area contributed by atoms with Crippen LogP contribution >= 0.6 is 0 Å². The van der Waals surface area contributed by atoms with E-state index in [1.807, 2.05) is 6.08 Å². The molecular weight excluding hydrogens is 339 g/mol. The fourth-order valence-corrected chi connectivity index (χ4v) is 4.04. The van der Waals surface area contributed by atoms with Crippen LogP contribution in [0.3, 0.4) is 0 Å². The summed E-state index contributed by atoms with van der Waals surface area (Å²) in [6, 6.07) is 7.29. The van der Waals surface area contributed by atoms with Crippen LogP contribution < -0.4 is 0 Å². The number of benzene rings is 1. The third-order valence-corrected chi connectivity index (χ3v) is 5.53. The van der Waals surface area contributed by atoms with E-state index in [1.54, 1.807) is 12.3 Å². The van der Waals surface area contributed by atoms with Crippen molar-refractivity contribution < 1.29 is 4.39 Å². The number of aryl methyl sites for hydroxylation is 1. The van der Waals surface area contributed by atoms with Crippen molar-refractivity contribution in [3.63, 3.8) is 0 Å². The Hall–Kier alpha value is -2.53. The zero-order valence-corrected chi connectivity index (χ0v) is 16.1. The molecule has 2 aromatic heterocycles. The summed E-state index contributed by atoms with van der Waals surface area (Å²) in [7, 11) is 2.19. The molecule has 3 heterocycles. The Kier molecular flexibility index (Phi) is 4.79. The molecule has 3 aromatic rings. The van der Waals surface area contributed by atoms with Crippen LogP contribution in [-0.2, 0) is 0 Å². The van der Waals surface area contributed by atoms with Crippen molar-refractivity contribution >= 4 is 23.2 Å². The molecule has 1 fully saturated rings. The highest BCUT2D eigenvalue weighted by atomic mass is 19.1. The van der Waals surface area contributed by atoms with Crippen LogP contribution in [0.25, 0.3) is 23.2 Å². The minimum Gasteiger partial charge on any atom is -0.345 e. The Balaban J connectivity index is 1.60. The summed E-state index contributed by atoms with van der Waals surface area (Å²) in [4.78, 5) is 11.3. The second-order valence-electron chi connectivity index (χ2n) is 7.49. The summed E-state index contributed by atoms with van der Waals surface area (Å²) in [5.41, 5.74) is 5.80. The Bertz CT molecular complexity index is 997. The first-order valence-corrected chi connectivity index (χ1v) is 9.48. The fourth-order valence-electron chi connectivity index (χ4n) is 4.04. The van der Waals surface area contributed by atoms with Crippen molar-refractivity contribution in [1.82, 2.24) is 19.4 Å². The molecule has 1 saturated heterocycles. The Morgan fingerprint density at radius 2 is 1.85 bits per heavy atom. The minimum atomic E-state index is -0.292. The zero-order valence-electron chi connectivity index (χ0n) is 16.1. The van der Waals surface area contributed by atoms with E-state index in [-0.39, 0.29) is 5.82 Å². The van der Waals surface area contributed by atoms with Crippen molar-refractivity contribution in [3.8, 4) is 0 Å². The smallest absolute Gasteiger partial charge is 0.125 e. The van der Waals surface area contributed by atoms with Gasteiger partial charge in [0.1, 0.15) is 5.82 Å². The lowest BCUT2D eigenvalue weighted by atomic mass is 10.0. The number of hydrogen-bond donors (Lipinski definition) is 0. The number of hydrogen-bond acceptors (Lipinski definition) is 3. The lowest BCUT2D eigenvalue weighted by Gasteiger charge is -2.31. The van der Waals surface area contributed by atoms with Crippen LogP contribution in [0, 0.1) is 19.7 Å². The quantitative estimate of drug-likeness (QED) is 0.680. The van der Waals surface area contributed by atoms with Crippen molar-refractivity contribution in [2.45, 2.75) is 32.7 Å². The van der Waals surface area contributed by atoms with Crippen LogP contribution in [-0.4, -0.2) is 39.6 Å². The van der Waals surface area contributed by atoms with Crippen LogP contribution in [0.4, 0.5) is 4.39 Å². The number of aromatic nitrogens is 3. The largest absolute Gasteiger partial charge is 0.345 e. The van der Waals surface area contributed by atoms with Crippen molar-refractivity contribution in [1.29, 1.82) is 0 Å². The third-order valence-electron chi connectivity index (χ3n) is 5.53. The van der Waals surface area contributed by atoms with E-state index in [2.05, 4.69) is 52.5 Å². The number of rotatable bonds is 3.